The van der Waals surface area contributed by atoms with Crippen LogP contribution in [0, 0.1) is 0 Å². The summed E-state index contributed by atoms with van der Waals surface area (Å²) in [4.78, 5) is 14.2. The molecular formula is C13H14ClNO4. The maximum atomic E-state index is 12.4. The van der Waals surface area contributed by atoms with Crippen LogP contribution in [0.1, 0.15) is 17.3 Å². The number of hydrogen-bond donors (Lipinski definition) is 0. The third kappa shape index (κ3) is 2.35. The normalized spacial score (nSPS) is 21.6. The summed E-state index contributed by atoms with van der Waals surface area (Å²) in [6, 6.07) is 3.30. The molecule has 1 aromatic carbocycles. The van der Waals surface area contributed by atoms with Gasteiger partial charge in [-0.15, -0.1) is 0 Å². The fourth-order valence-corrected chi connectivity index (χ4v) is 2.54. The Hall–Kier alpha value is -1.46. The van der Waals surface area contributed by atoms with Gasteiger partial charge in [-0.05, 0) is 19.1 Å². The molecule has 1 aromatic rings. The Morgan fingerprint density at radius 2 is 2.26 bits per heavy atom. The van der Waals surface area contributed by atoms with Crippen molar-refractivity contribution in [2.24, 2.45) is 0 Å². The molecule has 0 spiro atoms. The molecule has 0 aromatic heterocycles. The van der Waals surface area contributed by atoms with Crippen molar-refractivity contribution in [2.75, 3.05) is 26.5 Å². The Morgan fingerprint density at radius 1 is 1.42 bits per heavy atom. The average Bonchev–Trinajstić information content (AvgIpc) is 2.86. The molecule has 1 amide bonds. The molecule has 1 atom stereocenters. The van der Waals surface area contributed by atoms with E-state index in [9.17, 15) is 4.79 Å². The minimum atomic E-state index is -0.0599. The van der Waals surface area contributed by atoms with E-state index in [0.29, 0.717) is 41.8 Å². The first-order chi connectivity index (χ1) is 9.15. The zero-order valence-electron chi connectivity index (χ0n) is 10.5. The van der Waals surface area contributed by atoms with Crippen LogP contribution in [0.15, 0.2) is 12.1 Å². The van der Waals surface area contributed by atoms with Crippen molar-refractivity contribution < 1.29 is 19.0 Å². The van der Waals surface area contributed by atoms with Gasteiger partial charge in [0.1, 0.15) is 0 Å². The number of morpholine rings is 1. The number of hydrogen-bond acceptors (Lipinski definition) is 4. The second kappa shape index (κ2) is 4.90. The Bertz CT molecular complexity index is 520. The number of fused-ring (bicyclic) bond motifs is 1. The molecule has 6 heteroatoms. The monoisotopic (exact) mass is 283 g/mol. The smallest absolute Gasteiger partial charge is 0.254 e. The Labute approximate surface area is 116 Å². The lowest BCUT2D eigenvalue weighted by Gasteiger charge is -2.31. The summed E-state index contributed by atoms with van der Waals surface area (Å²) in [7, 11) is 0. The van der Waals surface area contributed by atoms with Gasteiger partial charge >= 0.3 is 0 Å². The first-order valence-electron chi connectivity index (χ1n) is 6.15. The molecule has 0 saturated carbocycles. The van der Waals surface area contributed by atoms with E-state index in [1.807, 2.05) is 6.92 Å². The first-order valence-corrected chi connectivity index (χ1v) is 6.53. The average molecular weight is 284 g/mol. The van der Waals surface area contributed by atoms with Crippen LogP contribution in [0.2, 0.25) is 5.02 Å². The Kier molecular flexibility index (Phi) is 3.24. The fourth-order valence-electron chi connectivity index (χ4n) is 2.28. The van der Waals surface area contributed by atoms with Gasteiger partial charge in [0.2, 0.25) is 6.79 Å². The van der Waals surface area contributed by atoms with Gasteiger partial charge in [0.25, 0.3) is 5.91 Å². The molecule has 19 heavy (non-hydrogen) atoms. The minimum Gasteiger partial charge on any atom is -0.454 e. The van der Waals surface area contributed by atoms with Crippen molar-refractivity contribution in [1.82, 2.24) is 4.90 Å². The van der Waals surface area contributed by atoms with E-state index in [2.05, 4.69) is 0 Å². The summed E-state index contributed by atoms with van der Waals surface area (Å²) < 4.78 is 15.9. The number of rotatable bonds is 1. The highest BCUT2D eigenvalue weighted by Gasteiger charge is 2.26. The minimum absolute atomic E-state index is 0.0576. The number of nitrogens with zero attached hydrogens (tertiary/aromatic N) is 1. The number of benzene rings is 1. The van der Waals surface area contributed by atoms with Crippen molar-refractivity contribution in [3.63, 3.8) is 0 Å². The van der Waals surface area contributed by atoms with Gasteiger partial charge in [0.05, 0.1) is 17.7 Å². The topological polar surface area (TPSA) is 48.0 Å². The van der Waals surface area contributed by atoms with Crippen molar-refractivity contribution in [1.29, 1.82) is 0 Å². The summed E-state index contributed by atoms with van der Waals surface area (Å²) in [5, 5.41) is 0.402. The van der Waals surface area contributed by atoms with Crippen LogP contribution in [0.25, 0.3) is 0 Å². The van der Waals surface area contributed by atoms with Crippen LogP contribution in [0.4, 0.5) is 0 Å². The summed E-state index contributed by atoms with van der Waals surface area (Å²) in [5.74, 6) is 0.973. The van der Waals surface area contributed by atoms with E-state index in [-0.39, 0.29) is 18.8 Å². The third-order valence-corrected chi connectivity index (χ3v) is 3.48. The lowest BCUT2D eigenvalue weighted by atomic mass is 10.1. The maximum absolute atomic E-state index is 12.4. The second-order valence-corrected chi connectivity index (χ2v) is 5.03. The number of amides is 1. The van der Waals surface area contributed by atoms with Crippen molar-refractivity contribution in [2.45, 2.75) is 13.0 Å². The molecule has 1 fully saturated rings. The molecule has 0 N–H and O–H groups in total. The molecule has 1 saturated heterocycles. The van der Waals surface area contributed by atoms with Gasteiger partial charge in [-0.3, -0.25) is 4.79 Å². The van der Waals surface area contributed by atoms with Crippen molar-refractivity contribution in [3.8, 4) is 11.5 Å². The molecule has 0 aliphatic carbocycles. The zero-order chi connectivity index (χ0) is 13.4. The van der Waals surface area contributed by atoms with Gasteiger partial charge in [-0.25, -0.2) is 0 Å². The van der Waals surface area contributed by atoms with Crippen molar-refractivity contribution in [3.05, 3.63) is 22.7 Å². The lowest BCUT2D eigenvalue weighted by Crippen LogP contribution is -2.44. The number of carbonyl (C=O) groups is 1. The lowest BCUT2D eigenvalue weighted by molar-refractivity contribution is -0.0124. The second-order valence-electron chi connectivity index (χ2n) is 4.62. The van der Waals surface area contributed by atoms with Crippen LogP contribution >= 0.6 is 11.6 Å². The predicted octanol–water partition coefficient (Wildman–Crippen LogP) is 1.93. The quantitative estimate of drug-likeness (QED) is 0.790. The summed E-state index contributed by atoms with van der Waals surface area (Å²) in [5.41, 5.74) is 0.517. The third-order valence-electron chi connectivity index (χ3n) is 3.20. The SMILES string of the molecule is C[C@@H]1CN(C(=O)c2cc(Cl)c3c(c2)OCO3)CCO1. The molecule has 102 valence electrons. The summed E-state index contributed by atoms with van der Waals surface area (Å²) in [6.45, 7) is 3.83. The van der Waals surface area contributed by atoms with Gasteiger partial charge in [0.15, 0.2) is 11.5 Å². The van der Waals surface area contributed by atoms with Gasteiger partial charge < -0.3 is 19.1 Å². The number of halogens is 1. The van der Waals surface area contributed by atoms with Crippen LogP contribution < -0.4 is 9.47 Å². The molecule has 2 heterocycles. The highest BCUT2D eigenvalue weighted by Crippen LogP contribution is 2.40. The van der Waals surface area contributed by atoms with E-state index in [1.165, 1.54) is 0 Å². The predicted molar refractivity (Wildman–Crippen MR) is 68.9 cm³/mol. The van der Waals surface area contributed by atoms with Gasteiger partial charge in [-0.2, -0.15) is 0 Å². The summed E-state index contributed by atoms with van der Waals surface area (Å²) >= 11 is 6.09. The van der Waals surface area contributed by atoms with E-state index in [1.54, 1.807) is 17.0 Å². The van der Waals surface area contributed by atoms with E-state index >= 15 is 0 Å². The summed E-state index contributed by atoms with van der Waals surface area (Å²) in [6.07, 6.45) is 0.0576. The van der Waals surface area contributed by atoms with Crippen LogP contribution in [0.3, 0.4) is 0 Å². The highest BCUT2D eigenvalue weighted by atomic mass is 35.5. The maximum Gasteiger partial charge on any atom is 0.254 e. The van der Waals surface area contributed by atoms with Crippen molar-refractivity contribution >= 4 is 17.5 Å². The molecule has 0 unspecified atom stereocenters. The molecule has 2 aliphatic heterocycles. The largest absolute Gasteiger partial charge is 0.454 e. The van der Waals surface area contributed by atoms with E-state index in [0.717, 1.165) is 0 Å². The highest BCUT2D eigenvalue weighted by molar-refractivity contribution is 6.32. The van der Waals surface area contributed by atoms with Crippen LogP contribution in [-0.2, 0) is 4.74 Å². The molecular weight excluding hydrogens is 270 g/mol. The van der Waals surface area contributed by atoms with E-state index < -0.39 is 0 Å². The van der Waals surface area contributed by atoms with Crippen LogP contribution in [0.5, 0.6) is 11.5 Å². The first kappa shape index (κ1) is 12.6. The molecule has 2 aliphatic rings. The number of carbonyl (C=O) groups excluding carboxylic acids is 1. The molecule has 0 radical (unpaired) electrons. The van der Waals surface area contributed by atoms with Gasteiger partial charge in [0, 0.05) is 18.7 Å². The van der Waals surface area contributed by atoms with Gasteiger partial charge in [-0.1, -0.05) is 11.6 Å². The van der Waals surface area contributed by atoms with E-state index in [4.69, 9.17) is 25.8 Å². The Morgan fingerprint density at radius 3 is 3.05 bits per heavy atom. The molecule has 3 rings (SSSR count). The number of ether oxygens (including phenoxy) is 3. The molecule has 0 bridgehead atoms. The van der Waals surface area contributed by atoms with Crippen LogP contribution in [-0.4, -0.2) is 43.4 Å². The zero-order valence-corrected chi connectivity index (χ0v) is 11.3. The fraction of sp³-hybridized carbons (Fsp3) is 0.462. The standard InChI is InChI=1S/C13H14ClNO4/c1-8-6-15(2-3-17-8)13(16)9-4-10(14)12-11(5-9)18-7-19-12/h4-5,8H,2-3,6-7H2,1H3/t8-/m1/s1. The Balaban J connectivity index is 1.86. The molecule has 5 nitrogen and oxygen atoms in total.